The molecule has 1 aliphatic carbocycles. The third-order valence-corrected chi connectivity index (χ3v) is 6.43. The van der Waals surface area contributed by atoms with Gasteiger partial charge in [0.2, 0.25) is 0 Å². The first kappa shape index (κ1) is 21.4. The van der Waals surface area contributed by atoms with E-state index in [1.807, 2.05) is 36.4 Å². The van der Waals surface area contributed by atoms with Crippen molar-refractivity contribution in [1.29, 1.82) is 0 Å². The molecule has 9 heteroatoms. The van der Waals surface area contributed by atoms with Gasteiger partial charge in [0.1, 0.15) is 18.1 Å². The first-order valence-corrected chi connectivity index (χ1v) is 11.4. The number of tetrazole rings is 1. The topological polar surface area (TPSA) is 102 Å². The van der Waals surface area contributed by atoms with E-state index in [1.54, 1.807) is 18.1 Å². The maximum Gasteiger partial charge on any atom is 0.252 e. The van der Waals surface area contributed by atoms with Gasteiger partial charge in [-0.05, 0) is 59.0 Å². The Balaban J connectivity index is 1.42. The number of aromatic nitrogens is 5. The Morgan fingerprint density at radius 3 is 2.85 bits per heavy atom. The van der Waals surface area contributed by atoms with Gasteiger partial charge in [-0.3, -0.25) is 9.69 Å². The highest BCUT2D eigenvalue weighted by Gasteiger charge is 2.24. The van der Waals surface area contributed by atoms with E-state index in [-0.39, 0.29) is 5.56 Å². The number of pyridine rings is 1. The number of furan rings is 1. The van der Waals surface area contributed by atoms with Crippen LogP contribution in [0.1, 0.15) is 49.3 Å². The number of nitrogens with one attached hydrogen (secondary N) is 1. The van der Waals surface area contributed by atoms with Gasteiger partial charge in [0.25, 0.3) is 5.56 Å². The molecule has 1 saturated carbocycles. The molecule has 0 saturated heterocycles. The number of hydrogen-bond acceptors (Lipinski definition) is 7. The van der Waals surface area contributed by atoms with Crippen LogP contribution in [-0.4, -0.2) is 43.2 Å². The molecule has 0 spiro atoms. The maximum atomic E-state index is 13.0. The maximum absolute atomic E-state index is 13.0. The first-order valence-electron chi connectivity index (χ1n) is 11.4. The molecule has 1 aromatic carbocycles. The van der Waals surface area contributed by atoms with Gasteiger partial charge in [0, 0.05) is 24.2 Å². The summed E-state index contributed by atoms with van der Waals surface area (Å²) in [6.45, 7) is 1.58. The summed E-state index contributed by atoms with van der Waals surface area (Å²) in [5, 5.41) is 13.3. The Hall–Kier alpha value is -3.46. The number of rotatable bonds is 8. The average molecular weight is 449 g/mol. The van der Waals surface area contributed by atoms with Crippen LogP contribution in [0.2, 0.25) is 0 Å². The smallest absolute Gasteiger partial charge is 0.252 e. The Morgan fingerprint density at radius 2 is 2.06 bits per heavy atom. The summed E-state index contributed by atoms with van der Waals surface area (Å²) in [5.74, 6) is 2.28. The molecule has 3 heterocycles. The zero-order chi connectivity index (χ0) is 22.6. The lowest BCUT2D eigenvalue weighted by Crippen LogP contribution is -2.38. The molecule has 1 fully saturated rings. The van der Waals surface area contributed by atoms with Crippen LogP contribution in [0.3, 0.4) is 0 Å². The molecule has 172 valence electrons. The highest BCUT2D eigenvalue weighted by Crippen LogP contribution is 2.26. The monoisotopic (exact) mass is 448 g/mol. The minimum atomic E-state index is -0.0771. The predicted octanol–water partition coefficient (Wildman–Crippen LogP) is 3.50. The van der Waals surface area contributed by atoms with Crippen LogP contribution in [0, 0.1) is 0 Å². The van der Waals surface area contributed by atoms with E-state index in [4.69, 9.17) is 9.15 Å². The molecule has 0 unspecified atom stereocenters. The van der Waals surface area contributed by atoms with Crippen LogP contribution in [0.4, 0.5) is 0 Å². The number of benzene rings is 1. The van der Waals surface area contributed by atoms with E-state index in [9.17, 15) is 4.79 Å². The molecule has 0 atom stereocenters. The van der Waals surface area contributed by atoms with Crippen molar-refractivity contribution in [3.63, 3.8) is 0 Å². The van der Waals surface area contributed by atoms with Crippen molar-refractivity contribution in [2.24, 2.45) is 0 Å². The minimum absolute atomic E-state index is 0.0771. The van der Waals surface area contributed by atoms with Gasteiger partial charge in [-0.1, -0.05) is 19.3 Å². The SMILES string of the molecule is COc1ccc2cc(CN(Cc3nnnn3Cc3ccco3)C3CCCCC3)c(=O)[nH]c2c1. The molecular weight excluding hydrogens is 420 g/mol. The summed E-state index contributed by atoms with van der Waals surface area (Å²) in [6, 6.07) is 11.9. The van der Waals surface area contributed by atoms with Crippen molar-refractivity contribution in [2.75, 3.05) is 7.11 Å². The molecule has 0 amide bonds. The normalized spacial score (nSPS) is 14.8. The molecule has 5 rings (SSSR count). The van der Waals surface area contributed by atoms with E-state index < -0.39 is 0 Å². The lowest BCUT2D eigenvalue weighted by atomic mass is 9.93. The molecule has 0 radical (unpaired) electrons. The van der Waals surface area contributed by atoms with E-state index >= 15 is 0 Å². The van der Waals surface area contributed by atoms with Crippen molar-refractivity contribution >= 4 is 10.9 Å². The predicted molar refractivity (Wildman–Crippen MR) is 123 cm³/mol. The zero-order valence-electron chi connectivity index (χ0n) is 18.7. The fraction of sp³-hybridized carbons (Fsp3) is 0.417. The fourth-order valence-electron chi connectivity index (χ4n) is 4.64. The number of H-pyrrole nitrogens is 1. The summed E-state index contributed by atoms with van der Waals surface area (Å²) in [5.41, 5.74) is 1.43. The molecule has 1 N–H and O–H groups in total. The molecule has 33 heavy (non-hydrogen) atoms. The third kappa shape index (κ3) is 4.83. The highest BCUT2D eigenvalue weighted by atomic mass is 16.5. The molecule has 1 aliphatic rings. The first-order chi connectivity index (χ1) is 16.2. The summed E-state index contributed by atoms with van der Waals surface area (Å²) >= 11 is 0. The van der Waals surface area contributed by atoms with Crippen LogP contribution in [-0.2, 0) is 19.6 Å². The number of methoxy groups -OCH3 is 1. The second-order valence-corrected chi connectivity index (χ2v) is 8.61. The highest BCUT2D eigenvalue weighted by molar-refractivity contribution is 5.80. The van der Waals surface area contributed by atoms with Crippen molar-refractivity contribution < 1.29 is 9.15 Å². The van der Waals surface area contributed by atoms with E-state index in [0.29, 0.717) is 25.7 Å². The lowest BCUT2D eigenvalue weighted by molar-refractivity contribution is 0.133. The molecule has 0 aliphatic heterocycles. The Kier molecular flexibility index (Phi) is 6.21. The van der Waals surface area contributed by atoms with Gasteiger partial charge in [0.05, 0.1) is 25.4 Å². The Morgan fingerprint density at radius 1 is 1.18 bits per heavy atom. The minimum Gasteiger partial charge on any atom is -0.497 e. The second kappa shape index (κ2) is 9.58. The standard InChI is InChI=1S/C24H28N6O3/c1-32-20-10-9-17-12-18(24(31)25-22(17)13-20)14-29(19-6-3-2-4-7-19)16-23-26-27-28-30(23)15-21-8-5-11-33-21/h5,8-13,19H,2-4,6-7,14-16H2,1H3,(H,25,31). The molecule has 4 aromatic rings. The van der Waals surface area contributed by atoms with E-state index in [0.717, 1.165) is 46.6 Å². The van der Waals surface area contributed by atoms with Gasteiger partial charge in [-0.15, -0.1) is 5.10 Å². The second-order valence-electron chi connectivity index (χ2n) is 8.61. The van der Waals surface area contributed by atoms with Crippen LogP contribution in [0.15, 0.2) is 51.9 Å². The summed E-state index contributed by atoms with van der Waals surface area (Å²) < 4.78 is 12.5. The fourth-order valence-corrected chi connectivity index (χ4v) is 4.64. The Labute approximate surface area is 191 Å². The van der Waals surface area contributed by atoms with E-state index in [2.05, 4.69) is 25.4 Å². The average Bonchev–Trinajstić information content (AvgIpc) is 3.52. The molecule has 3 aromatic heterocycles. The van der Waals surface area contributed by atoms with Crippen molar-refractivity contribution in [2.45, 2.75) is 57.8 Å². The molecule has 0 bridgehead atoms. The molecule has 9 nitrogen and oxygen atoms in total. The largest absolute Gasteiger partial charge is 0.497 e. The van der Waals surface area contributed by atoms with Gasteiger partial charge >= 0.3 is 0 Å². The van der Waals surface area contributed by atoms with E-state index in [1.165, 1.54) is 19.3 Å². The third-order valence-electron chi connectivity index (χ3n) is 6.43. The number of aromatic amines is 1. The number of fused-ring (bicyclic) bond motifs is 1. The van der Waals surface area contributed by atoms with Gasteiger partial charge in [-0.2, -0.15) is 0 Å². The summed E-state index contributed by atoms with van der Waals surface area (Å²) in [7, 11) is 1.62. The van der Waals surface area contributed by atoms with Gasteiger partial charge in [0.15, 0.2) is 5.82 Å². The van der Waals surface area contributed by atoms with Crippen molar-refractivity contribution in [3.05, 3.63) is 70.2 Å². The number of ether oxygens (including phenoxy) is 1. The molecular formula is C24H28N6O3. The summed E-state index contributed by atoms with van der Waals surface area (Å²) in [4.78, 5) is 18.3. The number of nitrogens with zero attached hydrogens (tertiary/aromatic N) is 5. The lowest BCUT2D eigenvalue weighted by Gasteiger charge is -2.33. The van der Waals surface area contributed by atoms with Crippen molar-refractivity contribution in [3.8, 4) is 5.75 Å². The zero-order valence-corrected chi connectivity index (χ0v) is 18.7. The summed E-state index contributed by atoms with van der Waals surface area (Å²) in [6.07, 6.45) is 7.54. The van der Waals surface area contributed by atoms with Crippen LogP contribution in [0.5, 0.6) is 5.75 Å². The van der Waals surface area contributed by atoms with Crippen LogP contribution in [0.25, 0.3) is 10.9 Å². The van der Waals surface area contributed by atoms with Gasteiger partial charge in [-0.25, -0.2) is 4.68 Å². The number of hydrogen-bond donors (Lipinski definition) is 1. The van der Waals surface area contributed by atoms with Crippen LogP contribution < -0.4 is 10.3 Å². The van der Waals surface area contributed by atoms with Crippen molar-refractivity contribution in [1.82, 2.24) is 30.1 Å². The quantitative estimate of drug-likeness (QED) is 0.440. The Bertz CT molecular complexity index is 1260. The van der Waals surface area contributed by atoms with Gasteiger partial charge < -0.3 is 14.1 Å². The van der Waals surface area contributed by atoms with Crippen LogP contribution >= 0.6 is 0 Å².